The Kier molecular flexibility index (Phi) is 3.01. The van der Waals surface area contributed by atoms with Gasteiger partial charge in [0.1, 0.15) is 5.01 Å². The molecule has 14 heavy (non-hydrogen) atoms. The van der Waals surface area contributed by atoms with E-state index in [0.717, 1.165) is 16.1 Å². The Morgan fingerprint density at radius 2 is 2.29 bits per heavy atom. The molecule has 0 radical (unpaired) electrons. The molecule has 1 aromatic heterocycles. The molecule has 0 saturated heterocycles. The molecule has 1 aromatic rings. The fourth-order valence-electron chi connectivity index (χ4n) is 1.91. The highest BCUT2D eigenvalue weighted by Gasteiger charge is 2.26. The second-order valence-electron chi connectivity index (χ2n) is 3.98. The van der Waals surface area contributed by atoms with Crippen LogP contribution in [0.3, 0.4) is 0 Å². The van der Waals surface area contributed by atoms with Crippen molar-refractivity contribution >= 4 is 16.5 Å². The molecule has 1 N–H and O–H groups in total. The van der Waals surface area contributed by atoms with Crippen LogP contribution in [-0.4, -0.2) is 16.2 Å². The summed E-state index contributed by atoms with van der Waals surface area (Å²) in [5.74, 6) is 0.865. The number of rotatable bonds is 4. The Balaban J connectivity index is 1.93. The van der Waals surface area contributed by atoms with Gasteiger partial charge in [-0.2, -0.15) is 0 Å². The average Bonchev–Trinajstić information content (AvgIpc) is 2.47. The predicted molar refractivity (Wildman–Crippen MR) is 59.7 cm³/mol. The van der Waals surface area contributed by atoms with Crippen molar-refractivity contribution in [2.45, 2.75) is 45.6 Å². The molecule has 1 fully saturated rings. The molecule has 3 nitrogen and oxygen atoms in total. The summed E-state index contributed by atoms with van der Waals surface area (Å²) in [6.07, 6.45) is 5.34. The number of nitrogens with zero attached hydrogens (tertiary/aromatic N) is 2. The van der Waals surface area contributed by atoms with Crippen LogP contribution in [0.1, 0.15) is 37.6 Å². The predicted octanol–water partition coefficient (Wildman–Crippen LogP) is 2.84. The minimum absolute atomic E-state index is 0.608. The van der Waals surface area contributed by atoms with Gasteiger partial charge in [-0.25, -0.2) is 0 Å². The zero-order valence-electron chi connectivity index (χ0n) is 8.79. The lowest BCUT2D eigenvalue weighted by Crippen LogP contribution is -2.32. The van der Waals surface area contributed by atoms with Crippen molar-refractivity contribution < 1.29 is 0 Å². The van der Waals surface area contributed by atoms with E-state index in [-0.39, 0.29) is 0 Å². The zero-order chi connectivity index (χ0) is 9.97. The molecule has 0 spiro atoms. The third kappa shape index (κ3) is 2.05. The van der Waals surface area contributed by atoms with Crippen molar-refractivity contribution in [3.63, 3.8) is 0 Å². The number of hydrogen-bond donors (Lipinski definition) is 1. The second kappa shape index (κ2) is 4.26. The van der Waals surface area contributed by atoms with Crippen LogP contribution in [0.25, 0.3) is 0 Å². The van der Waals surface area contributed by atoms with Crippen LogP contribution in [0.4, 0.5) is 5.13 Å². The van der Waals surface area contributed by atoms with Gasteiger partial charge in [0.25, 0.3) is 0 Å². The quantitative estimate of drug-likeness (QED) is 0.832. The summed E-state index contributed by atoms with van der Waals surface area (Å²) >= 11 is 1.65. The molecular weight excluding hydrogens is 194 g/mol. The largest absolute Gasteiger partial charge is 0.357 e. The van der Waals surface area contributed by atoms with Crippen molar-refractivity contribution in [2.24, 2.45) is 5.92 Å². The van der Waals surface area contributed by atoms with Crippen LogP contribution in [0, 0.1) is 12.8 Å². The first-order chi connectivity index (χ1) is 6.79. The molecule has 1 aliphatic rings. The number of nitrogens with one attached hydrogen (secondary N) is 1. The van der Waals surface area contributed by atoms with Crippen LogP contribution in [0.15, 0.2) is 0 Å². The highest BCUT2D eigenvalue weighted by molar-refractivity contribution is 7.15. The van der Waals surface area contributed by atoms with Gasteiger partial charge >= 0.3 is 0 Å². The lowest BCUT2D eigenvalue weighted by molar-refractivity contribution is 0.270. The Bertz CT molecular complexity index is 293. The van der Waals surface area contributed by atoms with E-state index in [1.165, 1.54) is 25.7 Å². The average molecular weight is 211 g/mol. The number of hydrogen-bond acceptors (Lipinski definition) is 4. The Hall–Kier alpha value is -0.640. The van der Waals surface area contributed by atoms with E-state index in [1.807, 2.05) is 6.92 Å². The molecule has 78 valence electrons. The maximum absolute atomic E-state index is 4.10. The maximum Gasteiger partial charge on any atom is 0.205 e. The first-order valence-electron chi connectivity index (χ1n) is 5.36. The van der Waals surface area contributed by atoms with Crippen LogP contribution in [0.5, 0.6) is 0 Å². The third-order valence-electron chi connectivity index (χ3n) is 2.99. The molecule has 1 saturated carbocycles. The maximum atomic E-state index is 4.10. The monoisotopic (exact) mass is 211 g/mol. The first-order valence-corrected chi connectivity index (χ1v) is 6.18. The highest BCUT2D eigenvalue weighted by atomic mass is 32.1. The van der Waals surface area contributed by atoms with Crippen LogP contribution in [0.2, 0.25) is 0 Å². The van der Waals surface area contributed by atoms with E-state index < -0.39 is 0 Å². The molecular formula is C10H17N3S. The summed E-state index contributed by atoms with van der Waals surface area (Å²) in [5, 5.41) is 13.6. The summed E-state index contributed by atoms with van der Waals surface area (Å²) in [5.41, 5.74) is 0. The lowest BCUT2D eigenvalue weighted by Gasteiger charge is -2.33. The molecule has 2 rings (SSSR count). The molecule has 0 amide bonds. The fraction of sp³-hybridized carbons (Fsp3) is 0.800. The van der Waals surface area contributed by atoms with Crippen molar-refractivity contribution in [1.82, 2.24) is 10.2 Å². The van der Waals surface area contributed by atoms with Gasteiger partial charge in [-0.1, -0.05) is 24.7 Å². The van der Waals surface area contributed by atoms with Crippen molar-refractivity contribution in [2.75, 3.05) is 5.32 Å². The molecule has 1 unspecified atom stereocenters. The van der Waals surface area contributed by atoms with Crippen molar-refractivity contribution in [3.05, 3.63) is 5.01 Å². The van der Waals surface area contributed by atoms with Gasteiger partial charge in [0.05, 0.1) is 0 Å². The molecule has 0 aromatic carbocycles. The summed E-state index contributed by atoms with van der Waals surface area (Å²) in [6, 6.07) is 0.608. The summed E-state index contributed by atoms with van der Waals surface area (Å²) in [6.45, 7) is 4.23. The zero-order valence-corrected chi connectivity index (χ0v) is 9.60. The van der Waals surface area contributed by atoms with E-state index in [0.29, 0.717) is 6.04 Å². The van der Waals surface area contributed by atoms with Crippen molar-refractivity contribution in [3.8, 4) is 0 Å². The Morgan fingerprint density at radius 1 is 1.50 bits per heavy atom. The highest BCUT2D eigenvalue weighted by Crippen LogP contribution is 2.32. The van der Waals surface area contributed by atoms with E-state index in [1.54, 1.807) is 11.3 Å². The third-order valence-corrected chi connectivity index (χ3v) is 3.76. The van der Waals surface area contributed by atoms with E-state index in [4.69, 9.17) is 0 Å². The molecule has 4 heteroatoms. The van der Waals surface area contributed by atoms with Gasteiger partial charge in [0, 0.05) is 6.04 Å². The first kappa shape index (κ1) is 9.90. The Morgan fingerprint density at radius 3 is 2.71 bits per heavy atom. The van der Waals surface area contributed by atoms with Gasteiger partial charge in [0.2, 0.25) is 5.13 Å². The van der Waals surface area contributed by atoms with E-state index in [9.17, 15) is 0 Å². The minimum Gasteiger partial charge on any atom is -0.357 e. The fourth-order valence-corrected chi connectivity index (χ4v) is 2.56. The van der Waals surface area contributed by atoms with Gasteiger partial charge in [-0.3, -0.25) is 0 Å². The smallest absolute Gasteiger partial charge is 0.205 e. The molecule has 0 bridgehead atoms. The number of aryl methyl sites for hydroxylation is 1. The van der Waals surface area contributed by atoms with Crippen LogP contribution < -0.4 is 5.32 Å². The lowest BCUT2D eigenvalue weighted by atomic mass is 9.79. The standard InChI is InChI=1S/C10H17N3S/c1-3-9(8-5-4-6-8)11-10-13-12-7(2)14-10/h8-9H,3-6H2,1-2H3,(H,11,13). The van der Waals surface area contributed by atoms with Gasteiger partial charge in [0.15, 0.2) is 0 Å². The number of aromatic nitrogens is 2. The number of anilines is 1. The minimum atomic E-state index is 0.608. The molecule has 0 aliphatic heterocycles. The summed E-state index contributed by atoms with van der Waals surface area (Å²) in [7, 11) is 0. The molecule has 1 atom stereocenters. The Labute approximate surface area is 88.9 Å². The van der Waals surface area contributed by atoms with Crippen LogP contribution in [-0.2, 0) is 0 Å². The molecule has 1 aliphatic carbocycles. The second-order valence-corrected chi connectivity index (χ2v) is 5.16. The van der Waals surface area contributed by atoms with Gasteiger partial charge in [-0.05, 0) is 32.1 Å². The van der Waals surface area contributed by atoms with E-state index in [2.05, 4.69) is 22.4 Å². The molecule has 1 heterocycles. The normalized spacial score (nSPS) is 19.0. The topological polar surface area (TPSA) is 37.8 Å². The van der Waals surface area contributed by atoms with Crippen molar-refractivity contribution in [1.29, 1.82) is 0 Å². The van der Waals surface area contributed by atoms with E-state index >= 15 is 0 Å². The summed E-state index contributed by atoms with van der Waals surface area (Å²) in [4.78, 5) is 0. The summed E-state index contributed by atoms with van der Waals surface area (Å²) < 4.78 is 0. The van der Waals surface area contributed by atoms with Crippen LogP contribution >= 0.6 is 11.3 Å². The SMILES string of the molecule is CCC(Nc1nnc(C)s1)C1CCC1. The van der Waals surface area contributed by atoms with Gasteiger partial charge < -0.3 is 5.32 Å². The van der Waals surface area contributed by atoms with Gasteiger partial charge in [-0.15, -0.1) is 10.2 Å².